The van der Waals surface area contributed by atoms with Gasteiger partial charge in [-0.25, -0.2) is 0 Å². The molecule has 0 saturated carbocycles. The third-order valence-corrected chi connectivity index (χ3v) is 5.10. The fourth-order valence-corrected chi connectivity index (χ4v) is 3.46. The van der Waals surface area contributed by atoms with Gasteiger partial charge >= 0.3 is 0 Å². The number of aryl methyl sites for hydroxylation is 2. The minimum atomic E-state index is 0. The zero-order valence-corrected chi connectivity index (χ0v) is 20.5. The Kier molecular flexibility index (Phi) is 8.59. The first-order valence-electron chi connectivity index (χ1n) is 10.8. The van der Waals surface area contributed by atoms with Crippen molar-refractivity contribution in [2.45, 2.75) is 26.9 Å². The highest BCUT2D eigenvalue weighted by atomic mass is 79.9. The second kappa shape index (κ2) is 11.8. The number of aromatic nitrogens is 2. The Balaban J connectivity index is 0.00000306. The summed E-state index contributed by atoms with van der Waals surface area (Å²) < 4.78 is 4.20. The maximum atomic E-state index is 3.25. The van der Waals surface area contributed by atoms with E-state index >= 15 is 0 Å². The predicted octanol–water partition coefficient (Wildman–Crippen LogP) is 1.65. The summed E-state index contributed by atoms with van der Waals surface area (Å²) in [7, 11) is 0. The summed E-state index contributed by atoms with van der Waals surface area (Å²) in [6.45, 7) is 5.56. The second-order valence-corrected chi connectivity index (χ2v) is 7.87. The summed E-state index contributed by atoms with van der Waals surface area (Å²) >= 11 is 0. The highest BCUT2D eigenvalue weighted by Crippen LogP contribution is 2.20. The van der Waals surface area contributed by atoms with Crippen LogP contribution < -0.4 is 26.1 Å². The van der Waals surface area contributed by atoms with Crippen LogP contribution in [0.2, 0.25) is 0 Å². The Morgan fingerprint density at radius 3 is 1.33 bits per heavy atom. The molecule has 0 unspecified atom stereocenters. The monoisotopic (exact) mass is 493 g/mol. The number of pyridine rings is 2. The molecule has 0 bridgehead atoms. The van der Waals surface area contributed by atoms with Crippen LogP contribution in [0, 0.1) is 37.5 Å². The highest BCUT2D eigenvalue weighted by Gasteiger charge is 2.00. The zero-order valence-electron chi connectivity index (χ0n) is 18.9. The molecular formula is C30H26BrN2+. The van der Waals surface area contributed by atoms with Gasteiger partial charge in [-0.05, 0) is 73.2 Å². The number of hydrogen-bond donors (Lipinski definition) is 0. The van der Waals surface area contributed by atoms with Crippen LogP contribution in [0.3, 0.4) is 0 Å². The van der Waals surface area contributed by atoms with E-state index in [1.807, 2.05) is 24.5 Å². The van der Waals surface area contributed by atoms with Crippen LogP contribution in [0.15, 0.2) is 97.6 Å². The Morgan fingerprint density at radius 2 is 0.970 bits per heavy atom. The summed E-state index contributed by atoms with van der Waals surface area (Å²) in [6, 6.07) is 25.1. The van der Waals surface area contributed by atoms with Gasteiger partial charge in [-0.1, -0.05) is 36.1 Å². The van der Waals surface area contributed by atoms with Gasteiger partial charge in [-0.2, -0.15) is 9.13 Å². The van der Waals surface area contributed by atoms with Crippen molar-refractivity contribution < 1.29 is 26.1 Å². The average molecular weight is 494 g/mol. The van der Waals surface area contributed by atoms with E-state index in [0.717, 1.165) is 11.1 Å². The van der Waals surface area contributed by atoms with Crippen molar-refractivity contribution in [2.75, 3.05) is 0 Å². The third kappa shape index (κ3) is 7.18. The second-order valence-electron chi connectivity index (χ2n) is 7.87. The van der Waals surface area contributed by atoms with E-state index in [1.165, 1.54) is 22.3 Å². The molecule has 0 radical (unpaired) electrons. The van der Waals surface area contributed by atoms with Crippen molar-refractivity contribution in [2.24, 2.45) is 0 Å². The van der Waals surface area contributed by atoms with E-state index < -0.39 is 0 Å². The normalized spacial score (nSPS) is 9.64. The first-order valence-corrected chi connectivity index (χ1v) is 10.8. The van der Waals surface area contributed by atoms with Gasteiger partial charge in [0.2, 0.25) is 13.1 Å². The van der Waals surface area contributed by atoms with Gasteiger partial charge < -0.3 is 17.0 Å². The lowest BCUT2D eigenvalue weighted by Gasteiger charge is -2.02. The molecule has 0 atom stereocenters. The lowest BCUT2D eigenvalue weighted by molar-refractivity contribution is -0.685. The van der Waals surface area contributed by atoms with Crippen LogP contribution in [0.5, 0.6) is 0 Å². The van der Waals surface area contributed by atoms with Crippen molar-refractivity contribution in [1.29, 1.82) is 0 Å². The van der Waals surface area contributed by atoms with E-state index in [0.29, 0.717) is 13.1 Å². The quantitative estimate of drug-likeness (QED) is 0.303. The van der Waals surface area contributed by atoms with Crippen molar-refractivity contribution in [1.82, 2.24) is 0 Å². The SMILES string of the molecule is Cc1ccc[n+](CC#Cc2ccc(-c3ccc(C#CC[n+]4cccc(C)c4)cc3)cc2)c1.[Br-]. The van der Waals surface area contributed by atoms with Crippen LogP contribution in [0.25, 0.3) is 11.1 Å². The van der Waals surface area contributed by atoms with E-state index in [2.05, 4.69) is 120 Å². The smallest absolute Gasteiger partial charge is 0.209 e. The topological polar surface area (TPSA) is 7.76 Å². The van der Waals surface area contributed by atoms with Crippen molar-refractivity contribution in [3.63, 3.8) is 0 Å². The number of rotatable bonds is 3. The van der Waals surface area contributed by atoms with Crippen molar-refractivity contribution in [3.05, 3.63) is 120 Å². The standard InChI is InChI=1S/C30H26N2.BrH/c1-25-7-3-19-31(23-25)21-5-9-27-11-15-29(16-12-27)30-17-13-28(14-18-30)10-6-22-32-20-4-8-26(2)24-32;/h3-4,7-8,11-20,23-24H,21-22H2,1-2H3;1H/q+2;/p-1. The molecule has 2 aromatic carbocycles. The summed E-state index contributed by atoms with van der Waals surface area (Å²) in [5, 5.41) is 0. The molecule has 4 rings (SSSR count). The Labute approximate surface area is 207 Å². The summed E-state index contributed by atoms with van der Waals surface area (Å²) in [5.41, 5.74) is 6.88. The molecule has 3 heteroatoms. The van der Waals surface area contributed by atoms with Gasteiger partial charge in [0.05, 0.1) is 0 Å². The molecule has 0 N–H and O–H groups in total. The van der Waals surface area contributed by atoms with Gasteiger partial charge in [-0.15, -0.1) is 0 Å². The highest BCUT2D eigenvalue weighted by molar-refractivity contribution is 5.65. The molecule has 0 fully saturated rings. The summed E-state index contributed by atoms with van der Waals surface area (Å²) in [6.07, 6.45) is 8.29. The van der Waals surface area contributed by atoms with Crippen LogP contribution in [-0.2, 0) is 13.1 Å². The van der Waals surface area contributed by atoms with Crippen LogP contribution in [0.4, 0.5) is 0 Å². The number of benzene rings is 2. The summed E-state index contributed by atoms with van der Waals surface area (Å²) in [5.74, 6) is 13.0. The fraction of sp³-hybridized carbons (Fsp3) is 0.133. The minimum Gasteiger partial charge on any atom is -1.00 e. The molecule has 33 heavy (non-hydrogen) atoms. The lowest BCUT2D eigenvalue weighted by Crippen LogP contribution is -3.00. The maximum absolute atomic E-state index is 3.25. The van der Waals surface area contributed by atoms with Gasteiger partial charge in [0.15, 0.2) is 24.8 Å². The number of hydrogen-bond acceptors (Lipinski definition) is 0. The average Bonchev–Trinajstić information content (AvgIpc) is 2.80. The predicted molar refractivity (Wildman–Crippen MR) is 128 cm³/mol. The lowest BCUT2D eigenvalue weighted by atomic mass is 10.0. The van der Waals surface area contributed by atoms with Crippen molar-refractivity contribution in [3.8, 4) is 34.8 Å². The zero-order chi connectivity index (χ0) is 22.2. The van der Waals surface area contributed by atoms with E-state index in [-0.39, 0.29) is 17.0 Å². The van der Waals surface area contributed by atoms with Gasteiger partial charge in [0.25, 0.3) is 0 Å². The molecule has 162 valence electrons. The molecule has 0 aliphatic heterocycles. The first kappa shape index (κ1) is 24.0. The van der Waals surface area contributed by atoms with E-state index in [9.17, 15) is 0 Å². The van der Waals surface area contributed by atoms with E-state index in [4.69, 9.17) is 0 Å². The van der Waals surface area contributed by atoms with Gasteiger partial charge in [-0.3, -0.25) is 0 Å². The molecule has 0 amide bonds. The molecule has 0 aliphatic rings. The Morgan fingerprint density at radius 1 is 0.576 bits per heavy atom. The maximum Gasteiger partial charge on any atom is 0.209 e. The first-order chi connectivity index (χ1) is 15.7. The fourth-order valence-electron chi connectivity index (χ4n) is 3.46. The van der Waals surface area contributed by atoms with E-state index in [1.54, 1.807) is 0 Å². The largest absolute Gasteiger partial charge is 1.00 e. The summed E-state index contributed by atoms with van der Waals surface area (Å²) in [4.78, 5) is 0. The van der Waals surface area contributed by atoms with Crippen LogP contribution in [0.1, 0.15) is 22.3 Å². The molecule has 4 aromatic rings. The van der Waals surface area contributed by atoms with Gasteiger partial charge in [0.1, 0.15) is 0 Å². The van der Waals surface area contributed by atoms with Crippen LogP contribution in [-0.4, -0.2) is 0 Å². The molecule has 2 aromatic heterocycles. The molecule has 2 nitrogen and oxygen atoms in total. The number of halogens is 1. The molecule has 0 spiro atoms. The Hall–Kier alpha value is -3.66. The minimum absolute atomic E-state index is 0. The molecular weight excluding hydrogens is 468 g/mol. The molecule has 0 saturated heterocycles. The number of nitrogens with zero attached hydrogens (tertiary/aromatic N) is 2. The Bertz CT molecular complexity index is 1230. The van der Waals surface area contributed by atoms with Crippen LogP contribution >= 0.6 is 0 Å². The molecule has 0 aliphatic carbocycles. The molecule has 2 heterocycles. The third-order valence-electron chi connectivity index (χ3n) is 5.10. The van der Waals surface area contributed by atoms with Crippen molar-refractivity contribution >= 4 is 0 Å². The van der Waals surface area contributed by atoms with Gasteiger partial charge in [0, 0.05) is 34.4 Å².